The fraction of sp³-hybridized carbons (Fsp3) is 0.167. The van der Waals surface area contributed by atoms with Crippen LogP contribution in [0.15, 0.2) is 34.3 Å². The highest BCUT2D eigenvalue weighted by Crippen LogP contribution is 2.20. The van der Waals surface area contributed by atoms with E-state index < -0.39 is 11.9 Å². The number of aliphatic carboxylic acids is 1. The fourth-order valence-corrected chi connectivity index (χ4v) is 1.66. The molecule has 1 aromatic rings. The summed E-state index contributed by atoms with van der Waals surface area (Å²) in [5, 5.41) is 8.72. The first-order valence-electron chi connectivity index (χ1n) is 4.80. The topological polar surface area (TPSA) is 63.6 Å². The first-order chi connectivity index (χ1) is 8.04. The number of carbonyl (C=O) groups excluding carboxylic acids is 1. The van der Waals surface area contributed by atoms with Gasteiger partial charge in [-0.05, 0) is 17.7 Å². The first kappa shape index (κ1) is 13.4. The Bertz CT molecular complexity index is 465. The van der Waals surface area contributed by atoms with Gasteiger partial charge in [0, 0.05) is 10.0 Å². The summed E-state index contributed by atoms with van der Waals surface area (Å²) in [4.78, 5) is 22.0. The van der Waals surface area contributed by atoms with Crippen molar-refractivity contribution in [3.8, 4) is 0 Å². The molecule has 0 saturated carbocycles. The maximum absolute atomic E-state index is 11.4. The molecule has 1 N–H and O–H groups in total. The van der Waals surface area contributed by atoms with Gasteiger partial charge in [0.1, 0.15) is 0 Å². The number of methoxy groups -OCH3 is 1. The number of halogens is 1. The molecule has 0 aliphatic rings. The molecule has 5 heteroatoms. The Morgan fingerprint density at radius 1 is 1.41 bits per heavy atom. The molecule has 90 valence electrons. The number of rotatable bonds is 4. The minimum Gasteiger partial charge on any atom is -0.481 e. The van der Waals surface area contributed by atoms with Gasteiger partial charge in [-0.3, -0.25) is 4.79 Å². The monoisotopic (exact) mass is 298 g/mol. The Morgan fingerprint density at radius 3 is 2.59 bits per heavy atom. The van der Waals surface area contributed by atoms with Gasteiger partial charge < -0.3 is 9.84 Å². The molecule has 0 aliphatic carbocycles. The van der Waals surface area contributed by atoms with Gasteiger partial charge in [0.15, 0.2) is 0 Å². The molecule has 0 saturated heterocycles. The van der Waals surface area contributed by atoms with Crippen LogP contribution < -0.4 is 0 Å². The molecule has 0 fully saturated rings. The summed E-state index contributed by atoms with van der Waals surface area (Å²) in [6, 6.07) is 7.21. The van der Waals surface area contributed by atoms with Crippen LogP contribution in [0, 0.1) is 0 Å². The number of esters is 1. The van der Waals surface area contributed by atoms with Crippen LogP contribution in [0.5, 0.6) is 0 Å². The molecule has 0 aromatic heterocycles. The van der Waals surface area contributed by atoms with E-state index in [1.165, 1.54) is 13.2 Å². The smallest absolute Gasteiger partial charge is 0.334 e. The molecule has 0 aliphatic heterocycles. The van der Waals surface area contributed by atoms with Gasteiger partial charge in [0.2, 0.25) is 0 Å². The SMILES string of the molecule is COC(=O)C(=Cc1ccccc1Br)CC(=O)O. The lowest BCUT2D eigenvalue weighted by molar-refractivity contribution is -0.141. The van der Waals surface area contributed by atoms with Crippen LogP contribution in [-0.2, 0) is 14.3 Å². The molecule has 0 unspecified atom stereocenters. The summed E-state index contributed by atoms with van der Waals surface area (Å²) in [5.41, 5.74) is 0.834. The van der Waals surface area contributed by atoms with Crippen molar-refractivity contribution >= 4 is 33.9 Å². The third kappa shape index (κ3) is 4.03. The fourth-order valence-electron chi connectivity index (χ4n) is 1.26. The largest absolute Gasteiger partial charge is 0.481 e. The lowest BCUT2D eigenvalue weighted by Crippen LogP contribution is -2.09. The lowest BCUT2D eigenvalue weighted by atomic mass is 10.1. The molecule has 0 bridgehead atoms. The van der Waals surface area contributed by atoms with Gasteiger partial charge in [0.25, 0.3) is 0 Å². The minimum absolute atomic E-state index is 0.104. The number of carbonyl (C=O) groups is 2. The Morgan fingerprint density at radius 2 is 2.06 bits per heavy atom. The Kier molecular flexibility index (Phi) is 4.90. The Labute approximate surface area is 107 Å². The molecule has 4 nitrogen and oxygen atoms in total. The van der Waals surface area contributed by atoms with Crippen molar-refractivity contribution in [3.05, 3.63) is 39.9 Å². The summed E-state index contributed by atoms with van der Waals surface area (Å²) in [6.45, 7) is 0. The van der Waals surface area contributed by atoms with Gasteiger partial charge >= 0.3 is 11.9 Å². The van der Waals surface area contributed by atoms with Crippen molar-refractivity contribution in [1.29, 1.82) is 0 Å². The van der Waals surface area contributed by atoms with E-state index in [0.717, 1.165) is 10.0 Å². The van der Waals surface area contributed by atoms with Gasteiger partial charge in [-0.25, -0.2) is 4.79 Å². The predicted molar refractivity (Wildman–Crippen MR) is 66.4 cm³/mol. The third-order valence-electron chi connectivity index (χ3n) is 2.02. The zero-order valence-electron chi connectivity index (χ0n) is 9.14. The summed E-state index contributed by atoms with van der Waals surface area (Å²) >= 11 is 3.32. The predicted octanol–water partition coefficient (Wildman–Crippen LogP) is 2.48. The standard InChI is InChI=1S/C12H11BrO4/c1-17-12(16)9(7-11(14)15)6-8-4-2-3-5-10(8)13/h2-6H,7H2,1H3,(H,14,15). The summed E-state index contributed by atoms with van der Waals surface area (Å²) in [6.07, 6.45) is 1.14. The zero-order chi connectivity index (χ0) is 12.8. The van der Waals surface area contributed by atoms with E-state index in [1.807, 2.05) is 12.1 Å². The molecule has 0 atom stereocenters. The molecule has 17 heavy (non-hydrogen) atoms. The minimum atomic E-state index is -1.08. The van der Waals surface area contributed by atoms with E-state index in [4.69, 9.17) is 5.11 Å². The number of benzene rings is 1. The van der Waals surface area contributed by atoms with Crippen LogP contribution in [0.4, 0.5) is 0 Å². The van der Waals surface area contributed by atoms with E-state index >= 15 is 0 Å². The Hall–Kier alpha value is -1.62. The van der Waals surface area contributed by atoms with Crippen LogP contribution in [0.25, 0.3) is 6.08 Å². The quantitative estimate of drug-likeness (QED) is 0.685. The lowest BCUT2D eigenvalue weighted by Gasteiger charge is -2.04. The normalized spacial score (nSPS) is 11.1. The van der Waals surface area contributed by atoms with E-state index in [1.54, 1.807) is 12.1 Å². The van der Waals surface area contributed by atoms with E-state index in [9.17, 15) is 9.59 Å². The van der Waals surface area contributed by atoms with E-state index in [0.29, 0.717) is 0 Å². The zero-order valence-corrected chi connectivity index (χ0v) is 10.7. The second-order valence-corrected chi connectivity index (χ2v) is 4.11. The van der Waals surface area contributed by atoms with Gasteiger partial charge in [-0.2, -0.15) is 0 Å². The molecule has 0 heterocycles. The molecule has 0 amide bonds. The van der Waals surface area contributed by atoms with Crippen LogP contribution >= 0.6 is 15.9 Å². The summed E-state index contributed by atoms with van der Waals surface area (Å²) < 4.78 is 5.32. The molecule has 0 radical (unpaired) electrons. The molecular formula is C12H11BrO4. The van der Waals surface area contributed by atoms with E-state index in [2.05, 4.69) is 20.7 Å². The summed E-state index contributed by atoms with van der Waals surface area (Å²) in [7, 11) is 1.22. The highest BCUT2D eigenvalue weighted by molar-refractivity contribution is 9.10. The first-order valence-corrected chi connectivity index (χ1v) is 5.59. The maximum Gasteiger partial charge on any atom is 0.334 e. The highest BCUT2D eigenvalue weighted by Gasteiger charge is 2.14. The molecule has 1 aromatic carbocycles. The summed E-state index contributed by atoms with van der Waals surface area (Å²) in [5.74, 6) is -1.71. The van der Waals surface area contributed by atoms with Crippen LogP contribution in [0.2, 0.25) is 0 Å². The second kappa shape index (κ2) is 6.20. The van der Waals surface area contributed by atoms with Crippen molar-refractivity contribution < 1.29 is 19.4 Å². The van der Waals surface area contributed by atoms with Gasteiger partial charge in [0.05, 0.1) is 13.5 Å². The van der Waals surface area contributed by atoms with Crippen molar-refractivity contribution in [2.45, 2.75) is 6.42 Å². The average molecular weight is 299 g/mol. The number of carboxylic acid groups (broad SMARTS) is 1. The van der Waals surface area contributed by atoms with Crippen molar-refractivity contribution in [3.63, 3.8) is 0 Å². The third-order valence-corrected chi connectivity index (χ3v) is 2.75. The number of ether oxygens (including phenoxy) is 1. The van der Waals surface area contributed by atoms with Crippen LogP contribution in [-0.4, -0.2) is 24.2 Å². The number of hydrogen-bond acceptors (Lipinski definition) is 3. The van der Waals surface area contributed by atoms with Crippen LogP contribution in [0.3, 0.4) is 0 Å². The maximum atomic E-state index is 11.4. The van der Waals surface area contributed by atoms with E-state index in [-0.39, 0.29) is 12.0 Å². The number of carboxylic acids is 1. The second-order valence-electron chi connectivity index (χ2n) is 3.25. The average Bonchev–Trinajstić information content (AvgIpc) is 2.29. The number of hydrogen-bond donors (Lipinski definition) is 1. The molecule has 1 rings (SSSR count). The Balaban J connectivity index is 3.09. The van der Waals surface area contributed by atoms with Crippen LogP contribution in [0.1, 0.15) is 12.0 Å². The van der Waals surface area contributed by atoms with Crippen molar-refractivity contribution in [2.24, 2.45) is 0 Å². The van der Waals surface area contributed by atoms with Crippen molar-refractivity contribution in [1.82, 2.24) is 0 Å². The van der Waals surface area contributed by atoms with Gasteiger partial charge in [-0.15, -0.1) is 0 Å². The van der Waals surface area contributed by atoms with Gasteiger partial charge in [-0.1, -0.05) is 34.1 Å². The van der Waals surface area contributed by atoms with Crippen molar-refractivity contribution in [2.75, 3.05) is 7.11 Å². The molecule has 0 spiro atoms. The molecular weight excluding hydrogens is 288 g/mol. The highest BCUT2D eigenvalue weighted by atomic mass is 79.9.